The third-order valence-electron chi connectivity index (χ3n) is 4.30. The summed E-state index contributed by atoms with van der Waals surface area (Å²) < 4.78 is 36.2. The van der Waals surface area contributed by atoms with Crippen LogP contribution in [0.2, 0.25) is 0 Å². The van der Waals surface area contributed by atoms with Crippen LogP contribution in [0.5, 0.6) is 5.75 Å². The zero-order valence-corrected chi connectivity index (χ0v) is 19.3. The Bertz CT molecular complexity index is 1310. The van der Waals surface area contributed by atoms with Gasteiger partial charge in [0.15, 0.2) is 5.82 Å². The molecule has 0 amide bonds. The summed E-state index contributed by atoms with van der Waals surface area (Å²) in [5, 5.41) is 7.32. The van der Waals surface area contributed by atoms with E-state index in [1.165, 1.54) is 12.4 Å². The third kappa shape index (κ3) is 5.06. The minimum absolute atomic E-state index is 0.0584. The Morgan fingerprint density at radius 2 is 1.84 bits per heavy atom. The molecule has 164 valence electrons. The fourth-order valence-corrected chi connectivity index (χ4v) is 4.63. The smallest absolute Gasteiger partial charge is 0.265 e. The van der Waals surface area contributed by atoms with Crippen LogP contribution in [0.3, 0.4) is 0 Å². The van der Waals surface area contributed by atoms with Crippen molar-refractivity contribution < 1.29 is 13.2 Å². The average Bonchev–Trinajstić information content (AvgIpc) is 3.32. The fraction of sp³-hybridized carbons (Fsp3) is 0.0952. The number of nitrogens with one attached hydrogen (secondary N) is 2. The first-order valence-electron chi connectivity index (χ1n) is 9.59. The van der Waals surface area contributed by atoms with Gasteiger partial charge in [0.1, 0.15) is 22.8 Å². The molecule has 0 aliphatic rings. The number of aromatic nitrogens is 4. The highest BCUT2D eigenvalue weighted by Crippen LogP contribution is 2.29. The monoisotopic (exact) mass is 514 g/mol. The van der Waals surface area contributed by atoms with Gasteiger partial charge < -0.3 is 10.1 Å². The van der Waals surface area contributed by atoms with E-state index in [-0.39, 0.29) is 4.90 Å². The van der Waals surface area contributed by atoms with Gasteiger partial charge in [-0.3, -0.25) is 4.72 Å². The van der Waals surface area contributed by atoms with Crippen molar-refractivity contribution in [2.45, 2.75) is 11.8 Å². The number of benzene rings is 2. The lowest BCUT2D eigenvalue weighted by atomic mass is 10.3. The Balaban J connectivity index is 1.50. The van der Waals surface area contributed by atoms with Crippen LogP contribution in [0.4, 0.5) is 17.2 Å². The molecular weight excluding hydrogens is 496 g/mol. The average molecular weight is 515 g/mol. The Labute approximate surface area is 193 Å². The molecule has 2 aromatic heterocycles. The molecule has 0 radical (unpaired) electrons. The van der Waals surface area contributed by atoms with Crippen LogP contribution < -0.4 is 14.8 Å². The summed E-state index contributed by atoms with van der Waals surface area (Å²) in [4.78, 5) is 8.46. The minimum Gasteiger partial charge on any atom is -0.492 e. The maximum absolute atomic E-state index is 12.9. The topological polar surface area (TPSA) is 111 Å². The molecule has 0 fully saturated rings. The summed E-state index contributed by atoms with van der Waals surface area (Å²) >= 11 is 3.31. The molecule has 9 nitrogen and oxygen atoms in total. The van der Waals surface area contributed by atoms with Gasteiger partial charge in [0, 0.05) is 34.3 Å². The third-order valence-corrected chi connectivity index (χ3v) is 6.19. The van der Waals surface area contributed by atoms with E-state index in [2.05, 4.69) is 41.0 Å². The number of nitrogens with zero attached hydrogens (tertiary/aromatic N) is 4. The van der Waals surface area contributed by atoms with Crippen molar-refractivity contribution in [2.75, 3.05) is 16.6 Å². The zero-order chi connectivity index (χ0) is 22.6. The number of anilines is 3. The van der Waals surface area contributed by atoms with Crippen LogP contribution in [0.15, 0.2) is 82.7 Å². The van der Waals surface area contributed by atoms with Gasteiger partial charge in [-0.2, -0.15) is 5.10 Å². The predicted molar refractivity (Wildman–Crippen MR) is 125 cm³/mol. The van der Waals surface area contributed by atoms with E-state index in [0.29, 0.717) is 34.2 Å². The van der Waals surface area contributed by atoms with Crippen LogP contribution in [0, 0.1) is 0 Å². The fourth-order valence-electron chi connectivity index (χ4n) is 2.89. The molecule has 4 rings (SSSR count). The first-order valence-corrected chi connectivity index (χ1v) is 11.9. The normalized spacial score (nSPS) is 11.2. The summed E-state index contributed by atoms with van der Waals surface area (Å²) in [5.74, 6) is 1.49. The molecule has 4 aromatic rings. The van der Waals surface area contributed by atoms with E-state index in [9.17, 15) is 8.42 Å². The maximum Gasteiger partial charge on any atom is 0.265 e. The van der Waals surface area contributed by atoms with Crippen molar-refractivity contribution in [1.29, 1.82) is 0 Å². The highest BCUT2D eigenvalue weighted by molar-refractivity contribution is 9.10. The van der Waals surface area contributed by atoms with Crippen molar-refractivity contribution in [1.82, 2.24) is 19.7 Å². The number of hydrogen-bond donors (Lipinski definition) is 2. The van der Waals surface area contributed by atoms with E-state index < -0.39 is 10.0 Å². The van der Waals surface area contributed by atoms with Gasteiger partial charge in [0.05, 0.1) is 6.61 Å². The lowest BCUT2D eigenvalue weighted by Gasteiger charge is -2.13. The molecule has 0 bridgehead atoms. The molecule has 11 heteroatoms. The molecule has 2 heterocycles. The molecule has 2 N–H and O–H groups in total. The van der Waals surface area contributed by atoms with Crippen molar-refractivity contribution in [3.05, 3.63) is 77.8 Å². The molecule has 0 unspecified atom stereocenters. The Kier molecular flexibility index (Phi) is 6.37. The molecule has 0 atom stereocenters. The second-order valence-electron chi connectivity index (χ2n) is 6.54. The number of ether oxygens (including phenoxy) is 1. The molecular formula is C21H19BrN6O3S. The number of sulfonamides is 1. The first-order chi connectivity index (χ1) is 15.4. The van der Waals surface area contributed by atoms with Gasteiger partial charge in [-0.05, 0) is 55.5 Å². The van der Waals surface area contributed by atoms with E-state index in [4.69, 9.17) is 4.74 Å². The zero-order valence-electron chi connectivity index (χ0n) is 16.9. The SMILES string of the molecule is CCOc1ccc(Br)cc1S(=O)(=O)Nc1ccc(Nc2cc(-n3cccn3)ncn2)cc1. The van der Waals surface area contributed by atoms with E-state index in [1.807, 2.05) is 0 Å². The van der Waals surface area contributed by atoms with Crippen molar-refractivity contribution in [3.63, 3.8) is 0 Å². The molecule has 0 saturated heterocycles. The summed E-state index contributed by atoms with van der Waals surface area (Å²) in [6.45, 7) is 2.16. The number of halogens is 1. The maximum atomic E-state index is 12.9. The summed E-state index contributed by atoms with van der Waals surface area (Å²) in [6, 6.07) is 15.2. The van der Waals surface area contributed by atoms with Crippen molar-refractivity contribution in [2.24, 2.45) is 0 Å². The molecule has 0 saturated carbocycles. The summed E-state index contributed by atoms with van der Waals surface area (Å²) in [5.41, 5.74) is 1.15. The quantitative estimate of drug-likeness (QED) is 0.359. The van der Waals surface area contributed by atoms with Gasteiger partial charge >= 0.3 is 0 Å². The highest BCUT2D eigenvalue weighted by atomic mass is 79.9. The molecule has 0 aliphatic carbocycles. The van der Waals surface area contributed by atoms with Gasteiger partial charge in [-0.1, -0.05) is 15.9 Å². The lowest BCUT2D eigenvalue weighted by Crippen LogP contribution is -2.14. The van der Waals surface area contributed by atoms with Gasteiger partial charge in [-0.15, -0.1) is 0 Å². The molecule has 2 aromatic carbocycles. The van der Waals surface area contributed by atoms with Crippen LogP contribution in [0.25, 0.3) is 5.82 Å². The van der Waals surface area contributed by atoms with Crippen molar-refractivity contribution >= 4 is 43.1 Å². The number of hydrogen-bond acceptors (Lipinski definition) is 7. The molecule has 0 aliphatic heterocycles. The lowest BCUT2D eigenvalue weighted by molar-refractivity contribution is 0.331. The van der Waals surface area contributed by atoms with E-state index in [0.717, 1.165) is 5.69 Å². The Hall–Kier alpha value is -3.44. The number of rotatable bonds is 8. The Morgan fingerprint density at radius 1 is 1.06 bits per heavy atom. The second-order valence-corrected chi connectivity index (χ2v) is 9.11. The van der Waals surface area contributed by atoms with E-state index in [1.54, 1.807) is 72.5 Å². The Morgan fingerprint density at radius 3 is 2.56 bits per heavy atom. The molecule has 0 spiro atoms. The highest BCUT2D eigenvalue weighted by Gasteiger charge is 2.20. The standard InChI is InChI=1S/C21H19BrN6O3S/c1-2-31-18-9-4-15(22)12-19(18)32(29,30)27-17-7-5-16(6-8-17)26-20-13-21(24-14-23-20)28-11-3-10-25-28/h3-14,27H,2H2,1H3,(H,23,24,26). The van der Waals surface area contributed by atoms with Gasteiger partial charge in [0.25, 0.3) is 10.0 Å². The van der Waals surface area contributed by atoms with Crippen LogP contribution in [-0.4, -0.2) is 34.8 Å². The predicted octanol–water partition coefficient (Wildman–Crippen LogP) is 4.37. The summed E-state index contributed by atoms with van der Waals surface area (Å²) in [6.07, 6.45) is 4.89. The second kappa shape index (κ2) is 9.37. The largest absolute Gasteiger partial charge is 0.492 e. The van der Waals surface area contributed by atoms with E-state index >= 15 is 0 Å². The van der Waals surface area contributed by atoms with Gasteiger partial charge in [-0.25, -0.2) is 23.1 Å². The first kappa shape index (κ1) is 21.8. The molecule has 32 heavy (non-hydrogen) atoms. The van der Waals surface area contributed by atoms with Gasteiger partial charge in [0.2, 0.25) is 0 Å². The minimum atomic E-state index is -3.85. The van der Waals surface area contributed by atoms with Crippen LogP contribution >= 0.6 is 15.9 Å². The van der Waals surface area contributed by atoms with Crippen molar-refractivity contribution in [3.8, 4) is 11.6 Å². The van der Waals surface area contributed by atoms with Crippen LogP contribution in [-0.2, 0) is 10.0 Å². The van der Waals surface area contributed by atoms with Crippen LogP contribution in [0.1, 0.15) is 6.92 Å². The summed E-state index contributed by atoms with van der Waals surface area (Å²) in [7, 11) is -3.85.